The Labute approximate surface area is 115 Å². The average molecular weight is 267 g/mol. The predicted molar refractivity (Wildman–Crippen MR) is 76.1 cm³/mol. The molecule has 0 bridgehead atoms. The third-order valence-corrected chi connectivity index (χ3v) is 3.63. The number of carbonyl (C=O) groups is 1. The average Bonchev–Trinajstić information content (AvgIpc) is 2.43. The van der Waals surface area contributed by atoms with E-state index in [0.717, 1.165) is 23.3 Å². The van der Waals surface area contributed by atoms with Gasteiger partial charge < -0.3 is 14.6 Å². The van der Waals surface area contributed by atoms with Gasteiger partial charge in [0.1, 0.15) is 6.61 Å². The highest BCUT2D eigenvalue weighted by molar-refractivity contribution is 5.77. The molecular weight excluding hydrogens is 242 g/mol. The minimum absolute atomic E-state index is 0.0379. The van der Waals surface area contributed by atoms with E-state index in [2.05, 4.69) is 13.5 Å². The molecule has 0 unspecified atom stereocenters. The van der Waals surface area contributed by atoms with Gasteiger partial charge in [-0.2, -0.15) is 0 Å². The van der Waals surface area contributed by atoms with Crippen LogP contribution in [-0.2, 0) is 9.53 Å². The van der Waals surface area contributed by atoms with Gasteiger partial charge in [0.05, 0.1) is 13.2 Å². The summed E-state index contributed by atoms with van der Waals surface area (Å²) in [5.74, 6) is 6.08. The highest BCUT2D eigenvalue weighted by atomic mass is 16.5. The van der Waals surface area contributed by atoms with Crippen LogP contribution < -0.4 is 5.84 Å². The Morgan fingerprint density at radius 2 is 2.21 bits per heavy atom. The molecule has 0 aromatic rings. The highest BCUT2D eigenvalue weighted by Crippen LogP contribution is 2.16. The Balaban J connectivity index is 2.52. The lowest BCUT2D eigenvalue weighted by Gasteiger charge is -2.30. The SMILES string of the molecule is C=C(CC)/C(C)=C(/C)N(N)CCN1CCOCC1=O. The van der Waals surface area contributed by atoms with Crippen molar-refractivity contribution >= 4 is 5.91 Å². The van der Waals surface area contributed by atoms with Crippen LogP contribution >= 0.6 is 0 Å². The van der Waals surface area contributed by atoms with Crippen LogP contribution in [0.25, 0.3) is 0 Å². The van der Waals surface area contributed by atoms with Gasteiger partial charge in [-0.15, -0.1) is 0 Å². The maximum Gasteiger partial charge on any atom is 0.248 e. The van der Waals surface area contributed by atoms with E-state index >= 15 is 0 Å². The van der Waals surface area contributed by atoms with Crippen LogP contribution in [0.15, 0.2) is 23.4 Å². The molecule has 108 valence electrons. The highest BCUT2D eigenvalue weighted by Gasteiger charge is 2.18. The second-order valence-corrected chi connectivity index (χ2v) is 4.79. The van der Waals surface area contributed by atoms with Crippen LogP contribution in [0.4, 0.5) is 0 Å². The molecule has 1 heterocycles. The zero-order chi connectivity index (χ0) is 14.4. The van der Waals surface area contributed by atoms with E-state index in [0.29, 0.717) is 26.2 Å². The molecule has 5 nitrogen and oxygen atoms in total. The normalized spacial score (nSPS) is 17.3. The Morgan fingerprint density at radius 3 is 2.79 bits per heavy atom. The smallest absolute Gasteiger partial charge is 0.248 e. The molecule has 0 aliphatic carbocycles. The largest absolute Gasteiger partial charge is 0.370 e. The van der Waals surface area contributed by atoms with E-state index in [-0.39, 0.29) is 12.5 Å². The molecule has 0 radical (unpaired) electrons. The lowest BCUT2D eigenvalue weighted by Crippen LogP contribution is -2.46. The summed E-state index contributed by atoms with van der Waals surface area (Å²) in [5.41, 5.74) is 3.22. The fourth-order valence-corrected chi connectivity index (χ4v) is 1.92. The molecule has 0 atom stereocenters. The number of nitrogens with zero attached hydrogens (tertiary/aromatic N) is 2. The molecule has 0 spiro atoms. The molecule has 1 aliphatic rings. The van der Waals surface area contributed by atoms with Crippen molar-refractivity contribution < 1.29 is 9.53 Å². The first-order valence-corrected chi connectivity index (χ1v) is 6.70. The molecule has 1 saturated heterocycles. The van der Waals surface area contributed by atoms with Crippen molar-refractivity contribution in [3.05, 3.63) is 23.4 Å². The Bertz CT molecular complexity index is 377. The van der Waals surface area contributed by atoms with E-state index in [9.17, 15) is 4.79 Å². The number of hydrogen-bond acceptors (Lipinski definition) is 4. The second kappa shape index (κ2) is 7.31. The minimum atomic E-state index is 0.0379. The monoisotopic (exact) mass is 267 g/mol. The lowest BCUT2D eigenvalue weighted by molar-refractivity contribution is -0.142. The maximum absolute atomic E-state index is 11.6. The number of rotatable bonds is 6. The molecule has 0 aromatic heterocycles. The predicted octanol–water partition coefficient (Wildman–Crippen LogP) is 1.28. The van der Waals surface area contributed by atoms with Gasteiger partial charge in [0.15, 0.2) is 0 Å². The summed E-state index contributed by atoms with van der Waals surface area (Å²) in [5, 5.41) is 1.69. The topological polar surface area (TPSA) is 58.8 Å². The number of morpholine rings is 1. The third kappa shape index (κ3) is 4.36. The summed E-state index contributed by atoms with van der Waals surface area (Å²) in [6.07, 6.45) is 0.916. The van der Waals surface area contributed by atoms with Crippen LogP contribution in [0.2, 0.25) is 0 Å². The van der Waals surface area contributed by atoms with Crippen molar-refractivity contribution in [1.82, 2.24) is 9.91 Å². The van der Waals surface area contributed by atoms with Gasteiger partial charge in [-0.1, -0.05) is 19.1 Å². The van der Waals surface area contributed by atoms with Crippen molar-refractivity contribution in [2.45, 2.75) is 27.2 Å². The third-order valence-electron chi connectivity index (χ3n) is 3.63. The van der Waals surface area contributed by atoms with Crippen molar-refractivity contribution in [2.24, 2.45) is 5.84 Å². The first kappa shape index (κ1) is 15.7. The van der Waals surface area contributed by atoms with Gasteiger partial charge in [-0.3, -0.25) is 4.79 Å². The van der Waals surface area contributed by atoms with E-state index in [1.165, 1.54) is 0 Å². The maximum atomic E-state index is 11.6. The molecule has 5 heteroatoms. The van der Waals surface area contributed by atoms with Gasteiger partial charge in [-0.05, 0) is 25.8 Å². The summed E-state index contributed by atoms with van der Waals surface area (Å²) in [4.78, 5) is 13.4. The van der Waals surface area contributed by atoms with E-state index in [1.807, 2.05) is 13.8 Å². The summed E-state index contributed by atoms with van der Waals surface area (Å²) >= 11 is 0. The Kier molecular flexibility index (Phi) is 6.05. The Morgan fingerprint density at radius 1 is 1.53 bits per heavy atom. The number of amides is 1. The van der Waals surface area contributed by atoms with Crippen molar-refractivity contribution in [3.63, 3.8) is 0 Å². The van der Waals surface area contributed by atoms with Gasteiger partial charge in [0, 0.05) is 18.8 Å². The summed E-state index contributed by atoms with van der Waals surface area (Å²) in [7, 11) is 0. The fourth-order valence-electron chi connectivity index (χ4n) is 1.92. The molecule has 1 aliphatic heterocycles. The van der Waals surface area contributed by atoms with Crippen LogP contribution in [0.5, 0.6) is 0 Å². The molecule has 1 rings (SSSR count). The van der Waals surface area contributed by atoms with Crippen LogP contribution in [0.1, 0.15) is 27.2 Å². The molecule has 0 saturated carbocycles. The number of nitrogens with two attached hydrogens (primary N) is 1. The van der Waals surface area contributed by atoms with Gasteiger partial charge in [-0.25, -0.2) is 5.84 Å². The number of carbonyl (C=O) groups excluding carboxylic acids is 1. The zero-order valence-corrected chi connectivity index (χ0v) is 12.2. The number of hydrazine groups is 1. The standard InChI is InChI=1S/C14H25N3O2/c1-5-11(2)12(3)13(4)17(15)7-6-16-8-9-19-10-14(16)18/h2,5-10,15H2,1,3-4H3/b13-12-. The van der Waals surface area contributed by atoms with E-state index < -0.39 is 0 Å². The van der Waals surface area contributed by atoms with Crippen molar-refractivity contribution in [1.29, 1.82) is 0 Å². The van der Waals surface area contributed by atoms with Crippen LogP contribution in [-0.4, -0.2) is 48.7 Å². The van der Waals surface area contributed by atoms with Gasteiger partial charge in [0.25, 0.3) is 0 Å². The number of hydrogen-bond donors (Lipinski definition) is 1. The van der Waals surface area contributed by atoms with Gasteiger partial charge in [0.2, 0.25) is 5.91 Å². The van der Waals surface area contributed by atoms with Crippen LogP contribution in [0.3, 0.4) is 0 Å². The molecule has 1 amide bonds. The zero-order valence-electron chi connectivity index (χ0n) is 12.2. The second-order valence-electron chi connectivity index (χ2n) is 4.79. The number of ether oxygens (including phenoxy) is 1. The molecule has 19 heavy (non-hydrogen) atoms. The first-order valence-electron chi connectivity index (χ1n) is 6.70. The molecule has 1 fully saturated rings. The molecular formula is C14H25N3O2. The van der Waals surface area contributed by atoms with Crippen molar-refractivity contribution in [3.8, 4) is 0 Å². The summed E-state index contributed by atoms with van der Waals surface area (Å²) in [6, 6.07) is 0. The fraction of sp³-hybridized carbons (Fsp3) is 0.643. The van der Waals surface area contributed by atoms with Crippen molar-refractivity contribution in [2.75, 3.05) is 32.8 Å². The minimum Gasteiger partial charge on any atom is -0.370 e. The summed E-state index contributed by atoms with van der Waals surface area (Å²) < 4.78 is 5.09. The Hall–Kier alpha value is -1.33. The summed E-state index contributed by atoms with van der Waals surface area (Å²) in [6.45, 7) is 12.8. The quantitative estimate of drug-likeness (QED) is 0.447. The van der Waals surface area contributed by atoms with Crippen LogP contribution in [0, 0.1) is 0 Å². The van der Waals surface area contributed by atoms with Gasteiger partial charge >= 0.3 is 0 Å². The first-order chi connectivity index (χ1) is 8.97. The van der Waals surface area contributed by atoms with E-state index in [1.54, 1.807) is 9.91 Å². The lowest BCUT2D eigenvalue weighted by atomic mass is 10.1. The molecule has 2 N–H and O–H groups in total. The molecule has 0 aromatic carbocycles. The van der Waals surface area contributed by atoms with E-state index in [4.69, 9.17) is 10.6 Å². The number of allylic oxidation sites excluding steroid dienone is 3.